The summed E-state index contributed by atoms with van der Waals surface area (Å²) in [4.78, 5) is 0. The zero-order chi connectivity index (χ0) is 10.6. The summed E-state index contributed by atoms with van der Waals surface area (Å²) >= 11 is 0. The Bertz CT molecular complexity index is 345. The third kappa shape index (κ3) is 2.09. The van der Waals surface area contributed by atoms with E-state index < -0.39 is 0 Å². The highest BCUT2D eigenvalue weighted by Gasteiger charge is 2.09. The van der Waals surface area contributed by atoms with E-state index in [0.717, 1.165) is 16.9 Å². The molecule has 0 saturated heterocycles. The van der Waals surface area contributed by atoms with Crippen LogP contribution in [0.3, 0.4) is 0 Å². The second-order valence-electron chi connectivity index (χ2n) is 3.26. The van der Waals surface area contributed by atoms with Gasteiger partial charge in [0.1, 0.15) is 5.75 Å². The Kier molecular flexibility index (Phi) is 3.59. The first-order chi connectivity index (χ1) is 6.70. The molecule has 73 valence electrons. The van der Waals surface area contributed by atoms with Crippen LogP contribution in [0.15, 0.2) is 18.2 Å². The molecule has 1 aromatic carbocycles. The van der Waals surface area contributed by atoms with Crippen molar-refractivity contribution in [3.8, 4) is 18.1 Å². The topological polar surface area (TPSA) is 9.23 Å². The van der Waals surface area contributed by atoms with Gasteiger partial charge in [0, 0.05) is 5.92 Å². The fourth-order valence-electron chi connectivity index (χ4n) is 1.37. The zero-order valence-electron chi connectivity index (χ0n) is 8.92. The van der Waals surface area contributed by atoms with Crippen molar-refractivity contribution in [3.05, 3.63) is 35.2 Å². The molecule has 14 heavy (non-hydrogen) atoms. The van der Waals surface area contributed by atoms with Gasteiger partial charge in [-0.25, -0.2) is 0 Å². The van der Waals surface area contributed by atoms with Gasteiger partial charge in [0.15, 0.2) is 0 Å². The first-order valence-electron chi connectivity index (χ1n) is 4.73. The molecule has 1 rings (SSSR count). The number of rotatable bonds is 3. The quantitative estimate of drug-likeness (QED) is 0.661. The van der Waals surface area contributed by atoms with E-state index >= 15 is 0 Å². The van der Waals surface area contributed by atoms with Crippen molar-refractivity contribution in [2.45, 2.75) is 20.8 Å². The average Bonchev–Trinajstić information content (AvgIpc) is 2.18. The highest BCUT2D eigenvalue weighted by Crippen LogP contribution is 2.26. The Morgan fingerprint density at radius 3 is 2.64 bits per heavy atom. The molecular weight excluding hydrogens is 172 g/mol. The minimum atomic E-state index is 0.640. The molecule has 1 heteroatoms. The van der Waals surface area contributed by atoms with Crippen molar-refractivity contribution in [2.24, 2.45) is 0 Å². The Morgan fingerprint density at radius 1 is 1.43 bits per heavy atom. The van der Waals surface area contributed by atoms with Crippen LogP contribution in [0.5, 0.6) is 5.75 Å². The van der Waals surface area contributed by atoms with Crippen molar-refractivity contribution in [2.75, 3.05) is 6.61 Å². The lowest BCUT2D eigenvalue weighted by atomic mass is 9.97. The van der Waals surface area contributed by atoms with Gasteiger partial charge in [-0.2, -0.15) is 0 Å². The van der Waals surface area contributed by atoms with Crippen molar-refractivity contribution in [1.29, 1.82) is 0 Å². The Labute approximate surface area is 86.1 Å². The standard InChI is InChI=1S/C13H15O/c1-5-11-12(10(3)4)8-7-9-13(11)14-6-2/h1,7-9H,6H2,2-4H3. The molecule has 1 radical (unpaired) electrons. The summed E-state index contributed by atoms with van der Waals surface area (Å²) in [6.07, 6.45) is 5.48. The normalized spacial score (nSPS) is 9.93. The van der Waals surface area contributed by atoms with Crippen molar-refractivity contribution in [1.82, 2.24) is 0 Å². The molecule has 0 unspecified atom stereocenters. The molecular formula is C13H15O. The number of terminal acetylenes is 1. The fraction of sp³-hybridized carbons (Fsp3) is 0.308. The Hall–Kier alpha value is -1.42. The van der Waals surface area contributed by atoms with Gasteiger partial charge in [-0.15, -0.1) is 6.42 Å². The zero-order valence-corrected chi connectivity index (χ0v) is 8.92. The number of ether oxygens (including phenoxy) is 1. The van der Waals surface area contributed by atoms with E-state index in [-0.39, 0.29) is 0 Å². The summed E-state index contributed by atoms with van der Waals surface area (Å²) < 4.78 is 5.46. The molecule has 0 aliphatic heterocycles. The maximum absolute atomic E-state index is 5.48. The third-order valence-corrected chi connectivity index (χ3v) is 2.01. The summed E-state index contributed by atoms with van der Waals surface area (Å²) in [6, 6.07) is 5.90. The lowest BCUT2D eigenvalue weighted by Crippen LogP contribution is -1.99. The molecule has 0 heterocycles. The van der Waals surface area contributed by atoms with Gasteiger partial charge in [0.25, 0.3) is 0 Å². The second kappa shape index (κ2) is 4.72. The second-order valence-corrected chi connectivity index (χ2v) is 3.26. The highest BCUT2D eigenvalue weighted by atomic mass is 16.5. The minimum Gasteiger partial charge on any atom is -0.493 e. The number of hydrogen-bond donors (Lipinski definition) is 0. The van der Waals surface area contributed by atoms with Crippen LogP contribution >= 0.6 is 0 Å². The minimum absolute atomic E-state index is 0.640. The summed E-state index contributed by atoms with van der Waals surface area (Å²) in [6.45, 7) is 6.69. The third-order valence-electron chi connectivity index (χ3n) is 2.01. The molecule has 0 N–H and O–H groups in total. The van der Waals surface area contributed by atoms with Gasteiger partial charge in [0.2, 0.25) is 0 Å². The monoisotopic (exact) mass is 187 g/mol. The van der Waals surface area contributed by atoms with Crippen LogP contribution < -0.4 is 4.74 Å². The molecule has 0 bridgehead atoms. The van der Waals surface area contributed by atoms with Crippen LogP contribution in [0, 0.1) is 18.3 Å². The van der Waals surface area contributed by atoms with Crippen LogP contribution in [0.2, 0.25) is 0 Å². The molecule has 0 amide bonds. The summed E-state index contributed by atoms with van der Waals surface area (Å²) in [5.41, 5.74) is 1.95. The van der Waals surface area contributed by atoms with E-state index in [2.05, 4.69) is 5.92 Å². The van der Waals surface area contributed by atoms with Crippen LogP contribution in [0.4, 0.5) is 0 Å². The van der Waals surface area contributed by atoms with E-state index in [1.807, 2.05) is 39.0 Å². The van der Waals surface area contributed by atoms with E-state index in [1.165, 1.54) is 5.92 Å². The SMILES string of the molecule is C#Cc1c(OCC)cccc1[C](C)C. The molecule has 0 aliphatic rings. The fourth-order valence-corrected chi connectivity index (χ4v) is 1.37. The lowest BCUT2D eigenvalue weighted by Gasteiger charge is -2.12. The summed E-state index contributed by atoms with van der Waals surface area (Å²) in [7, 11) is 0. The first-order valence-corrected chi connectivity index (χ1v) is 4.73. The van der Waals surface area contributed by atoms with Crippen molar-refractivity contribution >= 4 is 0 Å². The molecule has 0 aromatic heterocycles. The largest absolute Gasteiger partial charge is 0.493 e. The first kappa shape index (κ1) is 10.7. The Balaban J connectivity index is 3.20. The van der Waals surface area contributed by atoms with Crippen molar-refractivity contribution < 1.29 is 4.74 Å². The highest BCUT2D eigenvalue weighted by molar-refractivity contribution is 5.54. The predicted molar refractivity (Wildman–Crippen MR) is 59.2 cm³/mol. The molecule has 0 saturated carbocycles. The van der Waals surface area contributed by atoms with Gasteiger partial charge in [0.05, 0.1) is 12.2 Å². The number of hydrogen-bond acceptors (Lipinski definition) is 1. The summed E-state index contributed by atoms with van der Waals surface area (Å²) in [5.74, 6) is 4.69. The average molecular weight is 187 g/mol. The van der Waals surface area contributed by atoms with Crippen LogP contribution in [0.1, 0.15) is 31.9 Å². The van der Waals surface area contributed by atoms with Crippen molar-refractivity contribution in [3.63, 3.8) is 0 Å². The molecule has 1 nitrogen and oxygen atoms in total. The molecule has 0 fully saturated rings. The predicted octanol–water partition coefficient (Wildman–Crippen LogP) is 3.03. The Morgan fingerprint density at radius 2 is 2.14 bits per heavy atom. The van der Waals surface area contributed by atoms with Gasteiger partial charge in [-0.3, -0.25) is 0 Å². The maximum atomic E-state index is 5.48. The molecule has 0 atom stereocenters. The van der Waals surface area contributed by atoms with E-state index in [0.29, 0.717) is 6.61 Å². The van der Waals surface area contributed by atoms with Crippen LogP contribution in [-0.2, 0) is 0 Å². The van der Waals surface area contributed by atoms with Crippen LogP contribution in [0.25, 0.3) is 0 Å². The smallest absolute Gasteiger partial charge is 0.135 e. The van der Waals surface area contributed by atoms with Gasteiger partial charge in [-0.05, 0) is 18.6 Å². The van der Waals surface area contributed by atoms with E-state index in [1.54, 1.807) is 0 Å². The van der Waals surface area contributed by atoms with Gasteiger partial charge < -0.3 is 4.74 Å². The van der Waals surface area contributed by atoms with Gasteiger partial charge in [-0.1, -0.05) is 31.9 Å². The lowest BCUT2D eigenvalue weighted by molar-refractivity contribution is 0.339. The number of benzene rings is 1. The molecule has 0 aliphatic carbocycles. The molecule has 0 spiro atoms. The van der Waals surface area contributed by atoms with E-state index in [9.17, 15) is 0 Å². The van der Waals surface area contributed by atoms with Crippen LogP contribution in [-0.4, -0.2) is 6.61 Å². The maximum Gasteiger partial charge on any atom is 0.135 e. The summed E-state index contributed by atoms with van der Waals surface area (Å²) in [5, 5.41) is 0. The van der Waals surface area contributed by atoms with E-state index in [4.69, 9.17) is 11.2 Å². The van der Waals surface area contributed by atoms with Gasteiger partial charge >= 0.3 is 0 Å². The molecule has 1 aromatic rings.